The van der Waals surface area contributed by atoms with Gasteiger partial charge in [0.2, 0.25) is 5.91 Å². The van der Waals surface area contributed by atoms with Crippen molar-refractivity contribution in [3.8, 4) is 0 Å². The molecule has 0 radical (unpaired) electrons. The maximum absolute atomic E-state index is 11.6. The molecule has 1 saturated heterocycles. The molecule has 1 saturated carbocycles. The molecular weight excluding hydrogens is 304 g/mol. The number of rotatable bonds is 10. The van der Waals surface area contributed by atoms with Gasteiger partial charge in [0.05, 0.1) is 6.10 Å². The molecule has 24 heavy (non-hydrogen) atoms. The number of nitrogens with zero attached hydrogens (tertiary/aromatic N) is 2. The van der Waals surface area contributed by atoms with Crippen LogP contribution < -0.4 is 10.6 Å². The van der Waals surface area contributed by atoms with Crippen LogP contribution in [0, 0.1) is 0 Å². The van der Waals surface area contributed by atoms with E-state index in [-0.39, 0.29) is 0 Å². The third kappa shape index (κ3) is 7.07. The average molecular weight is 338 g/mol. The van der Waals surface area contributed by atoms with Gasteiger partial charge in [-0.15, -0.1) is 0 Å². The third-order valence-electron chi connectivity index (χ3n) is 4.64. The van der Waals surface area contributed by atoms with Gasteiger partial charge in [0.15, 0.2) is 5.96 Å². The summed E-state index contributed by atoms with van der Waals surface area (Å²) >= 11 is 0. The second-order valence-electron chi connectivity index (χ2n) is 6.66. The molecule has 1 amide bonds. The molecule has 2 aliphatic rings. The second kappa shape index (κ2) is 11.3. The van der Waals surface area contributed by atoms with Gasteiger partial charge in [-0.3, -0.25) is 9.79 Å². The number of hydrogen-bond donors (Lipinski definition) is 2. The van der Waals surface area contributed by atoms with Gasteiger partial charge in [0.25, 0.3) is 0 Å². The standard InChI is InChI=1S/C18H34N4O2/c1-2-19-18(20-11-6-14-22-13-5-10-17(22)23)21-12-7-15-24-16-8-3-4-9-16/h16H,2-15H2,1H3,(H2,19,20,21). The van der Waals surface area contributed by atoms with Crippen LogP contribution in [0.2, 0.25) is 0 Å². The summed E-state index contributed by atoms with van der Waals surface area (Å²) in [5.41, 5.74) is 0. The highest BCUT2D eigenvalue weighted by molar-refractivity contribution is 5.79. The maximum Gasteiger partial charge on any atom is 0.222 e. The molecule has 2 rings (SSSR count). The predicted molar refractivity (Wildman–Crippen MR) is 97.2 cm³/mol. The van der Waals surface area contributed by atoms with Crippen molar-refractivity contribution in [3.05, 3.63) is 0 Å². The lowest BCUT2D eigenvalue weighted by Gasteiger charge is -2.15. The largest absolute Gasteiger partial charge is 0.378 e. The number of ether oxygens (including phenoxy) is 1. The number of guanidine groups is 1. The Bertz CT molecular complexity index is 394. The van der Waals surface area contributed by atoms with Gasteiger partial charge in [-0.25, -0.2) is 0 Å². The Morgan fingerprint density at radius 1 is 1.25 bits per heavy atom. The highest BCUT2D eigenvalue weighted by Crippen LogP contribution is 2.20. The first kappa shape index (κ1) is 19.0. The zero-order valence-corrected chi connectivity index (χ0v) is 15.2. The topological polar surface area (TPSA) is 66.0 Å². The van der Waals surface area contributed by atoms with Gasteiger partial charge < -0.3 is 20.3 Å². The molecular formula is C18H34N4O2. The molecule has 1 aliphatic heterocycles. The highest BCUT2D eigenvalue weighted by atomic mass is 16.5. The van der Waals surface area contributed by atoms with Crippen molar-refractivity contribution in [1.82, 2.24) is 15.5 Å². The summed E-state index contributed by atoms with van der Waals surface area (Å²) in [5.74, 6) is 1.16. The van der Waals surface area contributed by atoms with E-state index in [4.69, 9.17) is 4.74 Å². The lowest BCUT2D eigenvalue weighted by atomic mass is 10.3. The Hall–Kier alpha value is -1.30. The monoisotopic (exact) mass is 338 g/mol. The molecule has 0 atom stereocenters. The first-order chi connectivity index (χ1) is 11.8. The molecule has 0 bridgehead atoms. The molecule has 2 N–H and O–H groups in total. The summed E-state index contributed by atoms with van der Waals surface area (Å²) in [7, 11) is 0. The minimum atomic E-state index is 0.297. The van der Waals surface area contributed by atoms with E-state index in [0.717, 1.165) is 71.0 Å². The Labute approximate surface area is 146 Å². The SMILES string of the molecule is CCNC(=NCCCN1CCCC1=O)NCCCOC1CCCC1. The van der Waals surface area contributed by atoms with Crippen LogP contribution in [-0.2, 0) is 9.53 Å². The van der Waals surface area contributed by atoms with Crippen molar-refractivity contribution in [2.75, 3.05) is 39.3 Å². The fraction of sp³-hybridized carbons (Fsp3) is 0.889. The summed E-state index contributed by atoms with van der Waals surface area (Å²) in [6.07, 6.45) is 9.27. The van der Waals surface area contributed by atoms with Crippen LogP contribution in [0.5, 0.6) is 0 Å². The number of nitrogens with one attached hydrogen (secondary N) is 2. The Morgan fingerprint density at radius 3 is 2.79 bits per heavy atom. The van der Waals surface area contributed by atoms with E-state index in [1.807, 2.05) is 4.90 Å². The molecule has 0 aromatic carbocycles. The van der Waals surface area contributed by atoms with Crippen molar-refractivity contribution in [2.24, 2.45) is 4.99 Å². The van der Waals surface area contributed by atoms with Crippen molar-refractivity contribution in [1.29, 1.82) is 0 Å². The molecule has 0 aromatic heterocycles. The van der Waals surface area contributed by atoms with Crippen LogP contribution >= 0.6 is 0 Å². The number of amides is 1. The molecule has 1 aliphatic carbocycles. The van der Waals surface area contributed by atoms with Crippen LogP contribution in [0.4, 0.5) is 0 Å². The Morgan fingerprint density at radius 2 is 2.08 bits per heavy atom. The summed E-state index contributed by atoms with van der Waals surface area (Å²) < 4.78 is 5.87. The second-order valence-corrected chi connectivity index (χ2v) is 6.66. The van der Waals surface area contributed by atoms with Crippen molar-refractivity contribution < 1.29 is 9.53 Å². The zero-order valence-electron chi connectivity index (χ0n) is 15.2. The van der Waals surface area contributed by atoms with Crippen LogP contribution in [0.1, 0.15) is 58.3 Å². The lowest BCUT2D eigenvalue weighted by molar-refractivity contribution is -0.127. The number of carbonyl (C=O) groups is 1. The van der Waals surface area contributed by atoms with Crippen LogP contribution in [0.25, 0.3) is 0 Å². The summed E-state index contributed by atoms with van der Waals surface area (Å²) in [6.45, 7) is 7.13. The Kier molecular flexibility index (Phi) is 8.95. The van der Waals surface area contributed by atoms with E-state index < -0.39 is 0 Å². The van der Waals surface area contributed by atoms with E-state index >= 15 is 0 Å². The zero-order chi connectivity index (χ0) is 17.0. The summed E-state index contributed by atoms with van der Waals surface area (Å²) in [5, 5.41) is 6.63. The van der Waals surface area contributed by atoms with E-state index in [2.05, 4.69) is 22.5 Å². The molecule has 2 fully saturated rings. The number of aliphatic imine (C=N–C) groups is 1. The molecule has 0 unspecified atom stereocenters. The molecule has 0 aromatic rings. The van der Waals surface area contributed by atoms with Crippen LogP contribution in [-0.4, -0.2) is 62.2 Å². The first-order valence-electron chi connectivity index (χ1n) is 9.71. The molecule has 6 heteroatoms. The molecule has 1 heterocycles. The van der Waals surface area contributed by atoms with Crippen molar-refractivity contribution in [3.63, 3.8) is 0 Å². The third-order valence-corrected chi connectivity index (χ3v) is 4.64. The van der Waals surface area contributed by atoms with Gasteiger partial charge in [-0.2, -0.15) is 0 Å². The van der Waals surface area contributed by atoms with Gasteiger partial charge in [0.1, 0.15) is 0 Å². The van der Waals surface area contributed by atoms with Gasteiger partial charge in [-0.1, -0.05) is 12.8 Å². The van der Waals surface area contributed by atoms with E-state index in [1.165, 1.54) is 25.7 Å². The lowest BCUT2D eigenvalue weighted by Crippen LogP contribution is -2.38. The van der Waals surface area contributed by atoms with Gasteiger partial charge >= 0.3 is 0 Å². The quantitative estimate of drug-likeness (QED) is 0.363. The average Bonchev–Trinajstić information content (AvgIpc) is 3.23. The summed E-state index contributed by atoms with van der Waals surface area (Å²) in [4.78, 5) is 18.1. The fourth-order valence-corrected chi connectivity index (χ4v) is 3.32. The van der Waals surface area contributed by atoms with Crippen molar-refractivity contribution >= 4 is 11.9 Å². The van der Waals surface area contributed by atoms with E-state index in [0.29, 0.717) is 12.0 Å². The predicted octanol–water partition coefficient (Wildman–Crippen LogP) is 1.90. The molecule has 0 spiro atoms. The van der Waals surface area contributed by atoms with E-state index in [9.17, 15) is 4.79 Å². The summed E-state index contributed by atoms with van der Waals surface area (Å²) in [6, 6.07) is 0. The minimum absolute atomic E-state index is 0.297. The maximum atomic E-state index is 11.6. The van der Waals surface area contributed by atoms with Crippen LogP contribution in [0.15, 0.2) is 4.99 Å². The highest BCUT2D eigenvalue weighted by Gasteiger charge is 2.18. The van der Waals surface area contributed by atoms with Gasteiger partial charge in [-0.05, 0) is 39.0 Å². The normalized spacial score (nSPS) is 19.3. The first-order valence-corrected chi connectivity index (χ1v) is 9.71. The van der Waals surface area contributed by atoms with Crippen molar-refractivity contribution in [2.45, 2.75) is 64.4 Å². The van der Waals surface area contributed by atoms with Gasteiger partial charge in [0, 0.05) is 45.8 Å². The van der Waals surface area contributed by atoms with Crippen LogP contribution in [0.3, 0.4) is 0 Å². The minimum Gasteiger partial charge on any atom is -0.378 e. The Balaban J connectivity index is 1.54. The number of likely N-dealkylation sites (tertiary alicyclic amines) is 1. The molecule has 138 valence electrons. The number of hydrogen-bond acceptors (Lipinski definition) is 3. The smallest absolute Gasteiger partial charge is 0.222 e. The van der Waals surface area contributed by atoms with E-state index in [1.54, 1.807) is 0 Å². The fourth-order valence-electron chi connectivity index (χ4n) is 3.32. The molecule has 6 nitrogen and oxygen atoms in total. The number of carbonyl (C=O) groups excluding carboxylic acids is 1.